The third-order valence-electron chi connectivity index (χ3n) is 3.75. The lowest BCUT2D eigenvalue weighted by Gasteiger charge is -2.24. The van der Waals surface area contributed by atoms with Crippen LogP contribution >= 0.6 is 0 Å². The number of pyridine rings is 1. The molecule has 0 unspecified atom stereocenters. The van der Waals surface area contributed by atoms with Crippen LogP contribution in [0.5, 0.6) is 0 Å². The number of hydrogen-bond donors (Lipinski definition) is 3. The highest BCUT2D eigenvalue weighted by molar-refractivity contribution is 6.04. The lowest BCUT2D eigenvalue weighted by atomic mass is 10.2. The molecular formula is C15H18N4O2. The summed E-state index contributed by atoms with van der Waals surface area (Å²) in [5.74, 6) is 0.673. The van der Waals surface area contributed by atoms with Gasteiger partial charge in [-0.25, -0.2) is 4.98 Å². The summed E-state index contributed by atoms with van der Waals surface area (Å²) in [6, 6.07) is 5.57. The van der Waals surface area contributed by atoms with Crippen LogP contribution in [0.25, 0.3) is 0 Å². The van der Waals surface area contributed by atoms with E-state index in [-0.39, 0.29) is 18.6 Å². The fraction of sp³-hybridized carbons (Fsp3) is 0.333. The topological polar surface area (TPSA) is 81.2 Å². The van der Waals surface area contributed by atoms with Crippen molar-refractivity contribution in [3.8, 4) is 0 Å². The van der Waals surface area contributed by atoms with Crippen LogP contribution in [0.4, 0.5) is 11.5 Å². The molecule has 1 aliphatic rings. The van der Waals surface area contributed by atoms with Gasteiger partial charge >= 0.3 is 0 Å². The van der Waals surface area contributed by atoms with E-state index in [1.54, 1.807) is 24.7 Å². The van der Waals surface area contributed by atoms with Gasteiger partial charge in [0.25, 0.3) is 5.91 Å². The van der Waals surface area contributed by atoms with Crippen LogP contribution in [0.3, 0.4) is 0 Å². The average molecular weight is 286 g/mol. The third-order valence-corrected chi connectivity index (χ3v) is 3.75. The standard InChI is InChI=1S/C15H18N4O2/c20-10-13-2-1-7-19(13)14-4-3-12(9-17-14)18-15(21)11-5-6-16-8-11/h3-6,8-9,13,16,20H,1-2,7,10H2,(H,18,21)/t13-/m0/s1. The highest BCUT2D eigenvalue weighted by atomic mass is 16.3. The van der Waals surface area contributed by atoms with Gasteiger partial charge in [-0.2, -0.15) is 0 Å². The van der Waals surface area contributed by atoms with Crippen molar-refractivity contribution in [2.45, 2.75) is 18.9 Å². The van der Waals surface area contributed by atoms with E-state index in [1.165, 1.54) is 0 Å². The van der Waals surface area contributed by atoms with Gasteiger partial charge in [-0.1, -0.05) is 0 Å². The number of aromatic amines is 1. The predicted octanol–water partition coefficient (Wildman–Crippen LogP) is 1.62. The number of carbonyl (C=O) groups is 1. The summed E-state index contributed by atoms with van der Waals surface area (Å²) in [5.41, 5.74) is 1.24. The van der Waals surface area contributed by atoms with Crippen molar-refractivity contribution in [3.63, 3.8) is 0 Å². The number of aromatic nitrogens is 2. The molecule has 0 radical (unpaired) electrons. The number of rotatable bonds is 4. The maximum absolute atomic E-state index is 11.9. The van der Waals surface area contributed by atoms with E-state index >= 15 is 0 Å². The molecule has 1 saturated heterocycles. The van der Waals surface area contributed by atoms with Gasteiger partial charge in [0.2, 0.25) is 0 Å². The first kappa shape index (κ1) is 13.6. The predicted molar refractivity (Wildman–Crippen MR) is 80.4 cm³/mol. The van der Waals surface area contributed by atoms with Gasteiger partial charge in [0.1, 0.15) is 5.82 Å². The molecule has 0 aromatic carbocycles. The SMILES string of the molecule is O=C(Nc1ccc(N2CCC[C@H]2CO)nc1)c1cc[nH]c1. The quantitative estimate of drug-likeness (QED) is 0.798. The van der Waals surface area contributed by atoms with E-state index in [2.05, 4.69) is 20.2 Å². The van der Waals surface area contributed by atoms with Crippen molar-refractivity contribution in [2.75, 3.05) is 23.4 Å². The molecule has 3 rings (SSSR count). The Labute approximate surface area is 122 Å². The lowest BCUT2D eigenvalue weighted by Crippen LogP contribution is -2.32. The van der Waals surface area contributed by atoms with Crippen molar-refractivity contribution in [1.82, 2.24) is 9.97 Å². The Kier molecular flexibility index (Phi) is 3.87. The molecule has 1 atom stereocenters. The molecule has 2 aromatic heterocycles. The van der Waals surface area contributed by atoms with Crippen LogP contribution in [0.1, 0.15) is 23.2 Å². The number of aliphatic hydroxyl groups is 1. The maximum Gasteiger partial charge on any atom is 0.257 e. The van der Waals surface area contributed by atoms with Crippen molar-refractivity contribution in [3.05, 3.63) is 42.4 Å². The summed E-state index contributed by atoms with van der Waals surface area (Å²) in [7, 11) is 0. The normalized spacial score (nSPS) is 18.0. The minimum absolute atomic E-state index is 0.146. The van der Waals surface area contributed by atoms with Crippen LogP contribution in [-0.2, 0) is 0 Å². The van der Waals surface area contributed by atoms with Crippen LogP contribution in [-0.4, -0.2) is 40.2 Å². The smallest absolute Gasteiger partial charge is 0.257 e. The first-order chi connectivity index (χ1) is 10.3. The molecule has 1 fully saturated rings. The van der Waals surface area contributed by atoms with Gasteiger partial charge in [0.05, 0.1) is 30.1 Å². The number of hydrogen-bond acceptors (Lipinski definition) is 4. The summed E-state index contributed by atoms with van der Waals surface area (Å²) in [6.45, 7) is 1.06. The summed E-state index contributed by atoms with van der Waals surface area (Å²) in [6.07, 6.45) is 7.06. The molecular weight excluding hydrogens is 268 g/mol. The van der Waals surface area contributed by atoms with Crippen LogP contribution in [0.2, 0.25) is 0 Å². The van der Waals surface area contributed by atoms with E-state index in [4.69, 9.17) is 0 Å². The van der Waals surface area contributed by atoms with Crippen LogP contribution < -0.4 is 10.2 Å². The minimum atomic E-state index is -0.166. The molecule has 2 aromatic rings. The first-order valence-electron chi connectivity index (χ1n) is 7.05. The van der Waals surface area contributed by atoms with E-state index < -0.39 is 0 Å². The zero-order valence-corrected chi connectivity index (χ0v) is 11.6. The number of H-pyrrole nitrogens is 1. The molecule has 3 N–H and O–H groups in total. The molecule has 1 amide bonds. The van der Waals surface area contributed by atoms with E-state index in [1.807, 2.05) is 12.1 Å². The molecule has 1 aliphatic heterocycles. The molecule has 21 heavy (non-hydrogen) atoms. The third kappa shape index (κ3) is 2.90. The minimum Gasteiger partial charge on any atom is -0.394 e. The second-order valence-corrected chi connectivity index (χ2v) is 5.13. The Morgan fingerprint density at radius 2 is 2.38 bits per heavy atom. The summed E-state index contributed by atoms with van der Waals surface area (Å²) >= 11 is 0. The molecule has 110 valence electrons. The number of nitrogens with zero attached hydrogens (tertiary/aromatic N) is 2. The van der Waals surface area contributed by atoms with Gasteiger partial charge in [-0.05, 0) is 31.0 Å². The van der Waals surface area contributed by atoms with Crippen molar-refractivity contribution < 1.29 is 9.90 Å². The van der Waals surface area contributed by atoms with E-state index in [9.17, 15) is 9.90 Å². The summed E-state index contributed by atoms with van der Waals surface area (Å²) in [4.78, 5) is 21.3. The zero-order chi connectivity index (χ0) is 14.7. The fourth-order valence-corrected chi connectivity index (χ4v) is 2.63. The van der Waals surface area contributed by atoms with E-state index in [0.717, 1.165) is 25.2 Å². The number of anilines is 2. The highest BCUT2D eigenvalue weighted by Crippen LogP contribution is 2.24. The second-order valence-electron chi connectivity index (χ2n) is 5.13. The van der Waals surface area contributed by atoms with Crippen LogP contribution in [0.15, 0.2) is 36.8 Å². The van der Waals surface area contributed by atoms with Crippen molar-refractivity contribution >= 4 is 17.4 Å². The van der Waals surface area contributed by atoms with Gasteiger partial charge in [0, 0.05) is 18.9 Å². The molecule has 0 saturated carbocycles. The Hall–Kier alpha value is -2.34. The molecule has 6 heteroatoms. The van der Waals surface area contributed by atoms with Crippen LogP contribution in [0, 0.1) is 0 Å². The molecule has 0 spiro atoms. The van der Waals surface area contributed by atoms with Gasteiger partial charge in [-0.3, -0.25) is 4.79 Å². The van der Waals surface area contributed by atoms with Crippen molar-refractivity contribution in [1.29, 1.82) is 0 Å². The second kappa shape index (κ2) is 5.97. The number of aliphatic hydroxyl groups excluding tert-OH is 1. The zero-order valence-electron chi connectivity index (χ0n) is 11.6. The van der Waals surface area contributed by atoms with E-state index in [0.29, 0.717) is 11.3 Å². The average Bonchev–Trinajstić information content (AvgIpc) is 3.19. The van der Waals surface area contributed by atoms with Gasteiger partial charge in [0.15, 0.2) is 0 Å². The number of carbonyl (C=O) groups excluding carboxylic acids is 1. The van der Waals surface area contributed by atoms with Gasteiger partial charge < -0.3 is 20.3 Å². The Morgan fingerprint density at radius 1 is 1.48 bits per heavy atom. The molecule has 0 bridgehead atoms. The summed E-state index contributed by atoms with van der Waals surface area (Å²) in [5, 5.41) is 12.1. The Balaban J connectivity index is 1.68. The Bertz CT molecular complexity index is 595. The summed E-state index contributed by atoms with van der Waals surface area (Å²) < 4.78 is 0. The molecule has 0 aliphatic carbocycles. The van der Waals surface area contributed by atoms with Gasteiger partial charge in [-0.15, -0.1) is 0 Å². The highest BCUT2D eigenvalue weighted by Gasteiger charge is 2.24. The lowest BCUT2D eigenvalue weighted by molar-refractivity contribution is 0.102. The van der Waals surface area contributed by atoms with Crippen molar-refractivity contribution in [2.24, 2.45) is 0 Å². The Morgan fingerprint density at radius 3 is 3.05 bits per heavy atom. The molecule has 6 nitrogen and oxygen atoms in total. The number of nitrogens with one attached hydrogen (secondary N) is 2. The molecule has 3 heterocycles. The maximum atomic E-state index is 11.9. The monoisotopic (exact) mass is 286 g/mol. The fourth-order valence-electron chi connectivity index (χ4n) is 2.63. The largest absolute Gasteiger partial charge is 0.394 e. The first-order valence-corrected chi connectivity index (χ1v) is 7.05. The number of amides is 1.